The normalized spacial score (nSPS) is 17.7. The third-order valence-electron chi connectivity index (χ3n) is 4.35. The van der Waals surface area contributed by atoms with E-state index in [-0.39, 0.29) is 5.91 Å². The van der Waals surface area contributed by atoms with Gasteiger partial charge in [0.05, 0.1) is 5.56 Å². The van der Waals surface area contributed by atoms with Gasteiger partial charge in [0, 0.05) is 50.8 Å². The van der Waals surface area contributed by atoms with Crippen LogP contribution in [0.25, 0.3) is 0 Å². The molecule has 2 aliphatic rings. The molecule has 0 spiro atoms. The Bertz CT molecular complexity index is 693. The number of aromatic nitrogens is 3. The number of anilines is 2. The van der Waals surface area contributed by atoms with Crippen LogP contribution in [0.5, 0.6) is 0 Å². The molecule has 4 rings (SSSR count). The lowest BCUT2D eigenvalue weighted by atomic mass is 10.2. The van der Waals surface area contributed by atoms with Crippen molar-refractivity contribution in [2.75, 3.05) is 36.4 Å². The molecule has 1 aliphatic heterocycles. The summed E-state index contributed by atoms with van der Waals surface area (Å²) >= 11 is 0. The van der Waals surface area contributed by atoms with Gasteiger partial charge in [0.2, 0.25) is 5.95 Å². The monoisotopic (exact) mass is 324 g/mol. The minimum Gasteiger partial charge on any atom is -0.353 e. The largest absolute Gasteiger partial charge is 0.353 e. The van der Waals surface area contributed by atoms with Crippen LogP contribution < -0.4 is 10.2 Å². The van der Waals surface area contributed by atoms with Gasteiger partial charge in [-0.2, -0.15) is 0 Å². The molecule has 2 aromatic rings. The van der Waals surface area contributed by atoms with Crippen molar-refractivity contribution in [2.45, 2.75) is 18.9 Å². The quantitative estimate of drug-likeness (QED) is 0.916. The highest BCUT2D eigenvalue weighted by molar-refractivity contribution is 5.93. The third kappa shape index (κ3) is 3.29. The van der Waals surface area contributed by atoms with Crippen LogP contribution in [0.1, 0.15) is 23.2 Å². The summed E-state index contributed by atoms with van der Waals surface area (Å²) in [4.78, 5) is 29.5. The van der Waals surface area contributed by atoms with E-state index in [9.17, 15) is 4.79 Å². The SMILES string of the molecule is O=C(c1cnc(NC2CC2)nc1)N1CCN(c2ccccn2)CC1. The molecule has 3 heterocycles. The van der Waals surface area contributed by atoms with E-state index in [2.05, 4.69) is 25.2 Å². The molecule has 124 valence electrons. The lowest BCUT2D eigenvalue weighted by Gasteiger charge is -2.35. The van der Waals surface area contributed by atoms with Crippen molar-refractivity contribution < 1.29 is 4.79 Å². The molecule has 7 heteroatoms. The maximum Gasteiger partial charge on any atom is 0.257 e. The van der Waals surface area contributed by atoms with Gasteiger partial charge in [0.1, 0.15) is 5.82 Å². The summed E-state index contributed by atoms with van der Waals surface area (Å²) in [7, 11) is 0. The Labute approximate surface area is 140 Å². The number of nitrogens with zero attached hydrogens (tertiary/aromatic N) is 5. The van der Waals surface area contributed by atoms with Crippen LogP contribution in [0.15, 0.2) is 36.8 Å². The van der Waals surface area contributed by atoms with Gasteiger partial charge in [-0.05, 0) is 25.0 Å². The lowest BCUT2D eigenvalue weighted by molar-refractivity contribution is 0.0745. The van der Waals surface area contributed by atoms with E-state index in [0.717, 1.165) is 18.9 Å². The highest BCUT2D eigenvalue weighted by Crippen LogP contribution is 2.22. The first-order valence-corrected chi connectivity index (χ1v) is 8.33. The molecule has 2 aromatic heterocycles. The lowest BCUT2D eigenvalue weighted by Crippen LogP contribution is -2.49. The fraction of sp³-hybridized carbons (Fsp3) is 0.412. The number of amides is 1. The average Bonchev–Trinajstić information content (AvgIpc) is 3.47. The van der Waals surface area contributed by atoms with Gasteiger partial charge < -0.3 is 15.1 Å². The highest BCUT2D eigenvalue weighted by Gasteiger charge is 2.24. The van der Waals surface area contributed by atoms with Gasteiger partial charge in [-0.15, -0.1) is 0 Å². The Morgan fingerprint density at radius 1 is 1.04 bits per heavy atom. The van der Waals surface area contributed by atoms with E-state index >= 15 is 0 Å². The molecule has 0 bridgehead atoms. The molecule has 2 fully saturated rings. The van der Waals surface area contributed by atoms with E-state index in [1.807, 2.05) is 23.1 Å². The first-order valence-electron chi connectivity index (χ1n) is 8.33. The first kappa shape index (κ1) is 14.9. The predicted molar refractivity (Wildman–Crippen MR) is 91.0 cm³/mol. The number of hydrogen-bond donors (Lipinski definition) is 1. The van der Waals surface area contributed by atoms with Crippen molar-refractivity contribution in [3.05, 3.63) is 42.4 Å². The molecule has 0 atom stereocenters. The Hall–Kier alpha value is -2.70. The van der Waals surface area contributed by atoms with Crippen molar-refractivity contribution in [3.63, 3.8) is 0 Å². The van der Waals surface area contributed by atoms with E-state index in [1.54, 1.807) is 18.6 Å². The van der Waals surface area contributed by atoms with Crippen molar-refractivity contribution in [2.24, 2.45) is 0 Å². The molecule has 0 aromatic carbocycles. The standard InChI is InChI=1S/C17H20N6O/c24-16(13-11-19-17(20-12-13)21-14-4-5-14)23-9-7-22(8-10-23)15-3-1-2-6-18-15/h1-3,6,11-12,14H,4-5,7-10H2,(H,19,20,21). The van der Waals surface area contributed by atoms with Crippen LogP contribution in [0.2, 0.25) is 0 Å². The van der Waals surface area contributed by atoms with Crippen molar-refractivity contribution in [3.8, 4) is 0 Å². The second-order valence-electron chi connectivity index (χ2n) is 6.18. The molecule has 7 nitrogen and oxygen atoms in total. The summed E-state index contributed by atoms with van der Waals surface area (Å²) in [6.07, 6.45) is 7.37. The van der Waals surface area contributed by atoms with E-state index in [4.69, 9.17) is 0 Å². The summed E-state index contributed by atoms with van der Waals surface area (Å²) in [6.45, 7) is 2.92. The zero-order valence-electron chi connectivity index (χ0n) is 13.4. The zero-order chi connectivity index (χ0) is 16.4. The van der Waals surface area contributed by atoms with Gasteiger partial charge in [-0.25, -0.2) is 15.0 Å². The Balaban J connectivity index is 1.35. The number of hydrogen-bond acceptors (Lipinski definition) is 6. The van der Waals surface area contributed by atoms with Crippen LogP contribution in [0.4, 0.5) is 11.8 Å². The fourth-order valence-electron chi connectivity index (χ4n) is 2.79. The van der Waals surface area contributed by atoms with Gasteiger partial charge >= 0.3 is 0 Å². The third-order valence-corrected chi connectivity index (χ3v) is 4.35. The minimum absolute atomic E-state index is 0.00589. The maximum atomic E-state index is 12.6. The zero-order valence-corrected chi connectivity index (χ0v) is 13.4. The van der Waals surface area contributed by atoms with Crippen molar-refractivity contribution in [1.82, 2.24) is 19.9 Å². The second-order valence-corrected chi connectivity index (χ2v) is 6.18. The maximum absolute atomic E-state index is 12.6. The summed E-state index contributed by atoms with van der Waals surface area (Å²) in [5.41, 5.74) is 0.544. The van der Waals surface area contributed by atoms with Gasteiger partial charge in [0.15, 0.2) is 0 Å². The highest BCUT2D eigenvalue weighted by atomic mass is 16.2. The number of nitrogens with one attached hydrogen (secondary N) is 1. The molecule has 24 heavy (non-hydrogen) atoms. The van der Waals surface area contributed by atoms with Crippen LogP contribution in [-0.2, 0) is 0 Å². The summed E-state index contributed by atoms with van der Waals surface area (Å²) in [6, 6.07) is 6.39. The summed E-state index contributed by atoms with van der Waals surface area (Å²) < 4.78 is 0. The van der Waals surface area contributed by atoms with E-state index < -0.39 is 0 Å². The molecule has 1 saturated carbocycles. The summed E-state index contributed by atoms with van der Waals surface area (Å²) in [5, 5.41) is 3.22. The topological polar surface area (TPSA) is 74.2 Å². The van der Waals surface area contributed by atoms with Gasteiger partial charge in [-0.1, -0.05) is 6.07 Å². The van der Waals surface area contributed by atoms with E-state index in [1.165, 1.54) is 12.8 Å². The van der Waals surface area contributed by atoms with Crippen LogP contribution in [0.3, 0.4) is 0 Å². The first-order chi connectivity index (χ1) is 11.8. The molecule has 1 aliphatic carbocycles. The Morgan fingerprint density at radius 2 is 1.79 bits per heavy atom. The van der Waals surface area contributed by atoms with Gasteiger partial charge in [0.25, 0.3) is 5.91 Å². The Morgan fingerprint density at radius 3 is 2.42 bits per heavy atom. The molecule has 1 N–H and O–H groups in total. The van der Waals surface area contributed by atoms with Crippen LogP contribution in [0, 0.1) is 0 Å². The smallest absolute Gasteiger partial charge is 0.257 e. The number of rotatable bonds is 4. The van der Waals surface area contributed by atoms with E-state index in [0.29, 0.717) is 30.6 Å². The number of carbonyl (C=O) groups excluding carboxylic acids is 1. The molecular weight excluding hydrogens is 304 g/mol. The molecule has 1 saturated heterocycles. The molecule has 0 unspecified atom stereocenters. The summed E-state index contributed by atoms with van der Waals surface area (Å²) in [5.74, 6) is 1.56. The predicted octanol–water partition coefficient (Wildman–Crippen LogP) is 1.41. The molecule has 1 amide bonds. The Kier molecular flexibility index (Phi) is 3.98. The molecular formula is C17H20N6O. The number of pyridine rings is 1. The van der Waals surface area contributed by atoms with Crippen molar-refractivity contribution in [1.29, 1.82) is 0 Å². The van der Waals surface area contributed by atoms with Crippen molar-refractivity contribution >= 4 is 17.7 Å². The fourth-order valence-corrected chi connectivity index (χ4v) is 2.79. The molecule has 0 radical (unpaired) electrons. The van der Waals surface area contributed by atoms with Crippen LogP contribution >= 0.6 is 0 Å². The average molecular weight is 324 g/mol. The van der Waals surface area contributed by atoms with Gasteiger partial charge in [-0.3, -0.25) is 4.79 Å². The van der Waals surface area contributed by atoms with Crippen LogP contribution in [-0.4, -0.2) is 58.0 Å². The second kappa shape index (κ2) is 6.43. The number of piperazine rings is 1. The number of carbonyl (C=O) groups is 1. The minimum atomic E-state index is -0.00589.